The molecule has 0 aliphatic rings. The first kappa shape index (κ1) is 68.1. The Morgan fingerprint density at radius 2 is 0.671 bits per heavy atom. The number of aliphatic hydroxyl groups excluding tert-OH is 2. The highest BCUT2D eigenvalue weighted by Gasteiger charge is 2.18. The minimum atomic E-state index is -0.843. The molecule has 2 unspecified atom stereocenters. The van der Waals surface area contributed by atoms with Crippen molar-refractivity contribution in [2.45, 2.75) is 347 Å². The largest absolute Gasteiger partial charge is 0.466 e. The van der Waals surface area contributed by atoms with Crippen LogP contribution in [0.15, 0.2) is 36.5 Å². The van der Waals surface area contributed by atoms with Crippen molar-refractivity contribution < 1.29 is 24.5 Å². The molecule has 6 nitrogen and oxygen atoms in total. The van der Waals surface area contributed by atoms with Gasteiger partial charge in [0.25, 0.3) is 0 Å². The molecule has 0 fully saturated rings. The molecule has 0 aliphatic heterocycles. The van der Waals surface area contributed by atoms with Crippen LogP contribution in [-0.2, 0) is 14.3 Å². The number of unbranched alkanes of at least 4 members (excludes halogenated alkanes) is 43. The predicted octanol–water partition coefficient (Wildman–Crippen LogP) is 19.6. The standard InChI is InChI=1S/C64H121NO5/c1-3-5-7-9-11-13-15-33-38-42-46-50-54-58-64(69)70-59-55-51-47-43-39-35-32-30-28-26-24-22-20-18-17-19-21-23-25-27-29-31-34-37-41-45-49-53-57-63(68)65-61(60-66)62(67)56-52-48-44-40-36-16-14-12-10-8-6-4-2/h13,15,17-18,52,56,61-62,66-67H,3-12,14,16,19-51,53-55,57-60H2,1-2H3,(H,65,68)/b15-13-,18-17-,56-52+. The third-order valence-corrected chi connectivity index (χ3v) is 14.4. The molecular weight excluding hydrogens is 863 g/mol. The van der Waals surface area contributed by atoms with Crippen molar-refractivity contribution in [3.8, 4) is 0 Å². The average molecular weight is 985 g/mol. The molecule has 0 rings (SSSR count). The van der Waals surface area contributed by atoms with E-state index in [2.05, 4.69) is 43.5 Å². The molecule has 0 bridgehead atoms. The SMILES string of the molecule is CCCCCC/C=C\CCCCCCCC(=O)OCCCCCCCCCCCCCC/C=C\CCCCCCCCCCCCCCC(=O)NC(CO)C(O)/C=C/CCCCCCCCCCCC. The minimum absolute atomic E-state index is 0.00603. The Hall–Kier alpha value is -1.92. The molecule has 0 heterocycles. The van der Waals surface area contributed by atoms with Crippen molar-refractivity contribution in [3.63, 3.8) is 0 Å². The van der Waals surface area contributed by atoms with E-state index in [1.807, 2.05) is 6.08 Å². The Bertz CT molecular complexity index is 1130. The second kappa shape index (κ2) is 59.6. The summed E-state index contributed by atoms with van der Waals surface area (Å²) >= 11 is 0. The van der Waals surface area contributed by atoms with E-state index in [0.717, 1.165) is 44.9 Å². The van der Waals surface area contributed by atoms with Gasteiger partial charge in [-0.1, -0.05) is 275 Å². The molecule has 3 N–H and O–H groups in total. The number of allylic oxidation sites excluding steroid dienone is 5. The van der Waals surface area contributed by atoms with Crippen LogP contribution < -0.4 is 5.32 Å². The van der Waals surface area contributed by atoms with Gasteiger partial charge in [0, 0.05) is 12.8 Å². The Morgan fingerprint density at radius 1 is 0.386 bits per heavy atom. The van der Waals surface area contributed by atoms with Gasteiger partial charge < -0.3 is 20.3 Å². The van der Waals surface area contributed by atoms with E-state index < -0.39 is 12.1 Å². The van der Waals surface area contributed by atoms with Crippen molar-refractivity contribution in [2.24, 2.45) is 0 Å². The maximum atomic E-state index is 12.4. The second-order valence-electron chi connectivity index (χ2n) is 21.4. The molecule has 0 aromatic rings. The van der Waals surface area contributed by atoms with Crippen LogP contribution in [0.2, 0.25) is 0 Å². The Balaban J connectivity index is 3.38. The Kier molecular flexibility index (Phi) is 58.0. The highest BCUT2D eigenvalue weighted by atomic mass is 16.5. The first-order chi connectivity index (χ1) is 34.5. The summed E-state index contributed by atoms with van der Waals surface area (Å²) in [4.78, 5) is 24.5. The summed E-state index contributed by atoms with van der Waals surface area (Å²) < 4.78 is 5.47. The monoisotopic (exact) mass is 984 g/mol. The van der Waals surface area contributed by atoms with Gasteiger partial charge in [-0.05, 0) is 83.5 Å². The zero-order chi connectivity index (χ0) is 50.7. The fourth-order valence-corrected chi connectivity index (χ4v) is 9.57. The number of hydrogen-bond donors (Lipinski definition) is 3. The number of esters is 1. The maximum absolute atomic E-state index is 12.4. The third kappa shape index (κ3) is 55.4. The summed E-state index contributed by atoms with van der Waals surface area (Å²) in [5.41, 5.74) is 0. The molecule has 2 atom stereocenters. The van der Waals surface area contributed by atoms with Gasteiger partial charge in [-0.25, -0.2) is 0 Å². The molecule has 0 aromatic heterocycles. The summed E-state index contributed by atoms with van der Waals surface area (Å²) in [6.07, 6.45) is 74.8. The number of carbonyl (C=O) groups is 2. The normalized spacial score (nSPS) is 12.8. The first-order valence-corrected chi connectivity index (χ1v) is 31.3. The number of aliphatic hydroxyl groups is 2. The van der Waals surface area contributed by atoms with E-state index in [9.17, 15) is 19.8 Å². The van der Waals surface area contributed by atoms with Gasteiger partial charge in [-0.15, -0.1) is 0 Å². The van der Waals surface area contributed by atoms with E-state index >= 15 is 0 Å². The minimum Gasteiger partial charge on any atom is -0.466 e. The van der Waals surface area contributed by atoms with E-state index in [1.165, 1.54) is 263 Å². The lowest BCUT2D eigenvalue weighted by Crippen LogP contribution is -2.45. The predicted molar refractivity (Wildman–Crippen MR) is 306 cm³/mol. The fourth-order valence-electron chi connectivity index (χ4n) is 9.57. The number of carbonyl (C=O) groups excluding carboxylic acids is 2. The number of nitrogens with one attached hydrogen (secondary N) is 1. The van der Waals surface area contributed by atoms with Crippen LogP contribution in [0, 0.1) is 0 Å². The lowest BCUT2D eigenvalue weighted by Gasteiger charge is -2.20. The molecule has 6 heteroatoms. The highest BCUT2D eigenvalue weighted by Crippen LogP contribution is 2.17. The summed E-state index contributed by atoms with van der Waals surface area (Å²) in [6.45, 7) is 4.89. The van der Waals surface area contributed by atoms with Crippen molar-refractivity contribution in [1.82, 2.24) is 5.32 Å². The highest BCUT2D eigenvalue weighted by molar-refractivity contribution is 5.76. The second-order valence-corrected chi connectivity index (χ2v) is 21.4. The number of ether oxygens (including phenoxy) is 1. The van der Waals surface area contributed by atoms with Crippen LogP contribution in [0.4, 0.5) is 0 Å². The fraction of sp³-hybridized carbons (Fsp3) is 0.875. The molecular formula is C64H121NO5. The molecule has 412 valence electrons. The molecule has 0 spiro atoms. The Morgan fingerprint density at radius 3 is 1.03 bits per heavy atom. The zero-order valence-corrected chi connectivity index (χ0v) is 47.0. The van der Waals surface area contributed by atoms with Crippen LogP contribution in [0.3, 0.4) is 0 Å². The molecule has 0 saturated heterocycles. The van der Waals surface area contributed by atoms with Gasteiger partial charge >= 0.3 is 5.97 Å². The molecule has 70 heavy (non-hydrogen) atoms. The number of hydrogen-bond acceptors (Lipinski definition) is 5. The number of rotatable bonds is 58. The third-order valence-electron chi connectivity index (χ3n) is 14.4. The van der Waals surface area contributed by atoms with Crippen LogP contribution in [0.1, 0.15) is 335 Å². The maximum Gasteiger partial charge on any atom is 0.305 e. The smallest absolute Gasteiger partial charge is 0.305 e. The topological polar surface area (TPSA) is 95.9 Å². The summed E-state index contributed by atoms with van der Waals surface area (Å²) in [5, 5.41) is 23.1. The quantitative estimate of drug-likeness (QED) is 0.0321. The van der Waals surface area contributed by atoms with Gasteiger partial charge in [0.1, 0.15) is 0 Å². The summed E-state index contributed by atoms with van der Waals surface area (Å²) in [6, 6.07) is -0.627. The molecule has 1 amide bonds. The lowest BCUT2D eigenvalue weighted by molar-refractivity contribution is -0.143. The van der Waals surface area contributed by atoms with E-state index in [-0.39, 0.29) is 18.5 Å². The molecule has 0 saturated carbocycles. The van der Waals surface area contributed by atoms with Crippen molar-refractivity contribution >= 4 is 11.9 Å². The first-order valence-electron chi connectivity index (χ1n) is 31.3. The Labute approximate surface area is 436 Å². The van der Waals surface area contributed by atoms with Crippen LogP contribution in [0.5, 0.6) is 0 Å². The lowest BCUT2D eigenvalue weighted by atomic mass is 10.0. The van der Waals surface area contributed by atoms with Crippen molar-refractivity contribution in [3.05, 3.63) is 36.5 Å². The summed E-state index contributed by atoms with van der Waals surface area (Å²) in [7, 11) is 0. The van der Waals surface area contributed by atoms with Crippen molar-refractivity contribution in [1.29, 1.82) is 0 Å². The van der Waals surface area contributed by atoms with Crippen LogP contribution in [0.25, 0.3) is 0 Å². The van der Waals surface area contributed by atoms with Gasteiger partial charge in [0.2, 0.25) is 5.91 Å². The molecule has 0 radical (unpaired) electrons. The molecule has 0 aliphatic carbocycles. The van der Waals surface area contributed by atoms with E-state index in [1.54, 1.807) is 6.08 Å². The van der Waals surface area contributed by atoms with E-state index in [4.69, 9.17) is 4.74 Å². The van der Waals surface area contributed by atoms with Gasteiger partial charge in [0.15, 0.2) is 0 Å². The van der Waals surface area contributed by atoms with E-state index in [0.29, 0.717) is 19.4 Å². The van der Waals surface area contributed by atoms with Crippen LogP contribution in [-0.4, -0.2) is 47.4 Å². The van der Waals surface area contributed by atoms with Crippen molar-refractivity contribution in [2.75, 3.05) is 13.2 Å². The summed E-state index contributed by atoms with van der Waals surface area (Å²) in [5.74, 6) is -0.0620. The van der Waals surface area contributed by atoms with Gasteiger partial charge in [0.05, 0.1) is 25.4 Å². The van der Waals surface area contributed by atoms with Gasteiger partial charge in [-0.3, -0.25) is 9.59 Å². The average Bonchev–Trinajstić information content (AvgIpc) is 3.36. The number of amides is 1. The molecule has 0 aromatic carbocycles. The van der Waals surface area contributed by atoms with Gasteiger partial charge in [-0.2, -0.15) is 0 Å². The zero-order valence-electron chi connectivity index (χ0n) is 47.0. The van der Waals surface area contributed by atoms with Crippen LogP contribution >= 0.6 is 0 Å².